The van der Waals surface area contributed by atoms with Crippen LogP contribution in [-0.2, 0) is 6.42 Å². The van der Waals surface area contributed by atoms with Crippen molar-refractivity contribution in [2.24, 2.45) is 0 Å². The van der Waals surface area contributed by atoms with Crippen LogP contribution in [0.25, 0.3) is 90.2 Å². The zero-order valence-electron chi connectivity index (χ0n) is 43.6. The average molecular weight is 974 g/mol. The molecule has 1 heteroatoms. The molecule has 12 rings (SSSR count). The zero-order valence-corrected chi connectivity index (χ0v) is 43.6. The highest BCUT2D eigenvalue weighted by Gasteiger charge is 2.25. The quantitative estimate of drug-likeness (QED) is 0.0871. The van der Waals surface area contributed by atoms with Gasteiger partial charge in [-0.25, -0.2) is 0 Å². The molecule has 0 fully saturated rings. The maximum atomic E-state index is 2.48. The van der Waals surface area contributed by atoms with E-state index >= 15 is 0 Å². The smallest absolute Gasteiger partial charge is 0.0618 e. The molecule has 0 aromatic heterocycles. The summed E-state index contributed by atoms with van der Waals surface area (Å²) < 4.78 is 0. The maximum absolute atomic E-state index is 2.48. The predicted molar refractivity (Wildman–Crippen MR) is 331 cm³/mol. The Morgan fingerprint density at radius 3 is 1.03 bits per heavy atom. The normalized spacial score (nSPS) is 12.0. The van der Waals surface area contributed by atoms with Gasteiger partial charge in [-0.3, -0.25) is 0 Å². The van der Waals surface area contributed by atoms with E-state index in [-0.39, 0.29) is 0 Å². The van der Waals surface area contributed by atoms with Crippen molar-refractivity contribution in [3.8, 4) is 11.1 Å². The van der Waals surface area contributed by atoms with Crippen molar-refractivity contribution in [2.75, 3.05) is 4.90 Å². The van der Waals surface area contributed by atoms with Crippen molar-refractivity contribution >= 4 is 96.1 Å². The molecule has 0 bridgehead atoms. The Labute approximate surface area is 447 Å². The lowest BCUT2D eigenvalue weighted by molar-refractivity contribution is 1.27. The van der Waals surface area contributed by atoms with Crippen LogP contribution in [0.15, 0.2) is 243 Å². The first-order chi connectivity index (χ1) is 37.3. The Kier molecular flexibility index (Phi) is 13.1. The molecule has 12 aromatic carbocycles. The molecule has 1 nitrogen and oxygen atoms in total. The third-order valence-corrected chi connectivity index (χ3v) is 15.0. The van der Waals surface area contributed by atoms with Gasteiger partial charge in [-0.05, 0) is 152 Å². The molecule has 0 heterocycles. The summed E-state index contributed by atoms with van der Waals surface area (Å²) in [6.07, 6.45) is 12.1. The highest BCUT2D eigenvalue weighted by Crippen LogP contribution is 2.51. The van der Waals surface area contributed by atoms with E-state index in [0.29, 0.717) is 0 Å². The standard InChI is InChI=1S/C75H59N/c1-51-21-29-55(30-22-51)35-37-57-39-43-60(44-40-57)61(49-59-33-25-53(3)26-34-59)50-72-64-13-5-7-15-66(64)73(67-16-8-6-14-65(67)72)74-68-17-9-11-19-70(68)75(71-20-12-10-18-69(71)74)76(62-45-27-54(4)28-46-62)63-47-41-58(42-48-63)38-36-56-31-23-52(2)24-32-56/h5-48,50H,49H2,1-4H3/b37-35+,38-36+,61-50-. The molecule has 76 heavy (non-hydrogen) atoms. The molecule has 0 amide bonds. The van der Waals surface area contributed by atoms with Crippen LogP contribution in [0, 0.1) is 27.7 Å². The molecule has 0 radical (unpaired) electrons. The van der Waals surface area contributed by atoms with Gasteiger partial charge in [0.1, 0.15) is 0 Å². The lowest BCUT2D eigenvalue weighted by atomic mass is 9.83. The van der Waals surface area contributed by atoms with Crippen molar-refractivity contribution in [1.82, 2.24) is 0 Å². The first-order valence-corrected chi connectivity index (χ1v) is 26.5. The molecule has 0 saturated carbocycles. The first-order valence-electron chi connectivity index (χ1n) is 26.5. The molecule has 0 aliphatic carbocycles. The lowest BCUT2D eigenvalue weighted by Gasteiger charge is -2.30. The molecule has 12 aromatic rings. The number of hydrogen-bond acceptors (Lipinski definition) is 1. The Balaban J connectivity index is 1.04. The number of hydrogen-bond donors (Lipinski definition) is 0. The van der Waals surface area contributed by atoms with Crippen molar-refractivity contribution < 1.29 is 0 Å². The predicted octanol–water partition coefficient (Wildman–Crippen LogP) is 20.8. The topological polar surface area (TPSA) is 3.24 Å². The van der Waals surface area contributed by atoms with Crippen molar-refractivity contribution in [3.05, 3.63) is 304 Å². The Morgan fingerprint density at radius 2 is 0.618 bits per heavy atom. The van der Waals surface area contributed by atoms with Gasteiger partial charge < -0.3 is 4.90 Å². The van der Waals surface area contributed by atoms with E-state index in [2.05, 4.69) is 306 Å². The van der Waals surface area contributed by atoms with Gasteiger partial charge in [-0.1, -0.05) is 265 Å². The molecule has 0 spiro atoms. The summed E-state index contributed by atoms with van der Waals surface area (Å²) in [5, 5.41) is 9.71. The summed E-state index contributed by atoms with van der Waals surface area (Å²) in [7, 11) is 0. The number of allylic oxidation sites excluding steroid dienone is 1. The van der Waals surface area contributed by atoms with Gasteiger partial charge in [0.05, 0.1) is 5.69 Å². The highest BCUT2D eigenvalue weighted by atomic mass is 15.1. The highest BCUT2D eigenvalue weighted by molar-refractivity contribution is 6.29. The number of nitrogens with zero attached hydrogens (tertiary/aromatic N) is 1. The lowest BCUT2D eigenvalue weighted by Crippen LogP contribution is -2.11. The molecular weight excluding hydrogens is 915 g/mol. The van der Waals surface area contributed by atoms with Crippen LogP contribution in [0.1, 0.15) is 61.2 Å². The van der Waals surface area contributed by atoms with Crippen LogP contribution < -0.4 is 4.90 Å². The number of fused-ring (bicyclic) bond motifs is 4. The minimum atomic E-state index is 0.796. The third-order valence-electron chi connectivity index (χ3n) is 15.0. The van der Waals surface area contributed by atoms with Gasteiger partial charge in [0.2, 0.25) is 0 Å². The number of benzene rings is 12. The van der Waals surface area contributed by atoms with E-state index in [0.717, 1.165) is 29.0 Å². The molecular formula is C75H59N. The Hall–Kier alpha value is -9.30. The molecule has 0 saturated heterocycles. The van der Waals surface area contributed by atoms with Gasteiger partial charge in [0.15, 0.2) is 0 Å². The van der Waals surface area contributed by atoms with E-state index < -0.39 is 0 Å². The monoisotopic (exact) mass is 973 g/mol. The molecule has 0 atom stereocenters. The number of aryl methyl sites for hydroxylation is 4. The largest absolute Gasteiger partial charge is 0.309 e. The second kappa shape index (κ2) is 20.9. The second-order valence-electron chi connectivity index (χ2n) is 20.4. The number of rotatable bonds is 12. The summed E-state index contributed by atoms with van der Waals surface area (Å²) in [5.74, 6) is 0. The van der Waals surface area contributed by atoms with Gasteiger partial charge in [0.25, 0.3) is 0 Å². The third kappa shape index (κ3) is 9.68. The Bertz CT molecular complexity index is 4040. The van der Waals surface area contributed by atoms with E-state index in [4.69, 9.17) is 0 Å². The SMILES string of the molecule is Cc1ccc(/C=C/c2ccc(/C(=C\c3c4ccccc4c(-c4c5ccccc5c(N(c5ccc(C)cc5)c5ccc(/C=C/c6ccc(C)cc6)cc5)c5ccccc45)c4ccccc34)Cc3ccc(C)cc3)cc2)cc1. The van der Waals surface area contributed by atoms with Crippen LogP contribution in [0.5, 0.6) is 0 Å². The summed E-state index contributed by atoms with van der Waals surface area (Å²) >= 11 is 0. The summed E-state index contributed by atoms with van der Waals surface area (Å²) in [4.78, 5) is 2.47. The first kappa shape index (κ1) is 47.7. The molecule has 0 aliphatic rings. The zero-order chi connectivity index (χ0) is 51.5. The minimum absolute atomic E-state index is 0.796. The molecule has 0 aliphatic heterocycles. The van der Waals surface area contributed by atoms with E-state index in [1.54, 1.807) is 0 Å². The number of anilines is 3. The van der Waals surface area contributed by atoms with E-state index in [1.807, 2.05) is 0 Å². The van der Waals surface area contributed by atoms with Gasteiger partial charge in [-0.2, -0.15) is 0 Å². The van der Waals surface area contributed by atoms with Crippen LogP contribution in [0.2, 0.25) is 0 Å². The summed E-state index contributed by atoms with van der Waals surface area (Å²) in [5.41, 5.74) is 20.6. The van der Waals surface area contributed by atoms with Gasteiger partial charge >= 0.3 is 0 Å². The van der Waals surface area contributed by atoms with Crippen LogP contribution in [-0.4, -0.2) is 0 Å². The molecule has 364 valence electrons. The Morgan fingerprint density at radius 1 is 0.316 bits per heavy atom. The fourth-order valence-electron chi connectivity index (χ4n) is 10.9. The van der Waals surface area contributed by atoms with Crippen LogP contribution in [0.4, 0.5) is 17.1 Å². The molecule has 0 unspecified atom stereocenters. The second-order valence-corrected chi connectivity index (χ2v) is 20.4. The van der Waals surface area contributed by atoms with Crippen molar-refractivity contribution in [2.45, 2.75) is 34.1 Å². The summed E-state index contributed by atoms with van der Waals surface area (Å²) in [6, 6.07) is 89.8. The van der Waals surface area contributed by atoms with Crippen LogP contribution in [0.3, 0.4) is 0 Å². The fourth-order valence-corrected chi connectivity index (χ4v) is 10.9. The van der Waals surface area contributed by atoms with Crippen molar-refractivity contribution in [3.63, 3.8) is 0 Å². The fraction of sp³-hybridized carbons (Fsp3) is 0.0667. The minimum Gasteiger partial charge on any atom is -0.309 e. The van der Waals surface area contributed by atoms with Gasteiger partial charge in [0, 0.05) is 22.1 Å². The molecule has 0 N–H and O–H groups in total. The van der Waals surface area contributed by atoms with Crippen LogP contribution >= 0.6 is 0 Å². The maximum Gasteiger partial charge on any atom is 0.0618 e. The average Bonchev–Trinajstić information content (AvgIpc) is 3.63. The van der Waals surface area contributed by atoms with E-state index in [9.17, 15) is 0 Å². The van der Waals surface area contributed by atoms with Crippen molar-refractivity contribution in [1.29, 1.82) is 0 Å². The van der Waals surface area contributed by atoms with E-state index in [1.165, 1.54) is 115 Å². The summed E-state index contributed by atoms with van der Waals surface area (Å²) in [6.45, 7) is 8.58. The van der Waals surface area contributed by atoms with Gasteiger partial charge in [-0.15, -0.1) is 0 Å².